The average molecular weight is 429 g/mol. The Balaban J connectivity index is 1.53. The molecule has 0 unspecified atom stereocenters. The van der Waals surface area contributed by atoms with Crippen LogP contribution in [0, 0.1) is 20.8 Å². The third-order valence-electron chi connectivity index (χ3n) is 5.54. The second-order valence-corrected chi connectivity index (χ2v) is 8.49. The summed E-state index contributed by atoms with van der Waals surface area (Å²) in [7, 11) is 0. The van der Waals surface area contributed by atoms with E-state index in [1.165, 1.54) is 27.0 Å². The van der Waals surface area contributed by atoms with E-state index in [1.54, 1.807) is 6.33 Å². The fraction of sp³-hybridized carbons (Fsp3) is 0.167. The van der Waals surface area contributed by atoms with Gasteiger partial charge in [0.2, 0.25) is 11.7 Å². The van der Waals surface area contributed by atoms with Crippen molar-refractivity contribution in [2.24, 2.45) is 0 Å². The summed E-state index contributed by atoms with van der Waals surface area (Å²) < 4.78 is 6.95. The average Bonchev–Trinajstić information content (AvgIpc) is 3.40. The van der Waals surface area contributed by atoms with Crippen LogP contribution < -0.4 is 5.56 Å². The summed E-state index contributed by atoms with van der Waals surface area (Å²) in [6.45, 7) is 6.32. The molecule has 31 heavy (non-hydrogen) atoms. The van der Waals surface area contributed by atoms with Crippen LogP contribution in [0.2, 0.25) is 0 Å². The summed E-state index contributed by atoms with van der Waals surface area (Å²) in [6.07, 6.45) is 1.54. The number of benzene rings is 2. The second kappa shape index (κ2) is 7.59. The molecule has 154 valence electrons. The molecule has 0 N–H and O–H groups in total. The van der Waals surface area contributed by atoms with Gasteiger partial charge in [-0.25, -0.2) is 4.98 Å². The Morgan fingerprint density at radius 1 is 1.00 bits per heavy atom. The highest BCUT2D eigenvalue weighted by molar-refractivity contribution is 7.17. The highest BCUT2D eigenvalue weighted by atomic mass is 32.1. The van der Waals surface area contributed by atoms with Gasteiger partial charge in [-0.3, -0.25) is 9.36 Å². The highest BCUT2D eigenvalue weighted by Gasteiger charge is 2.16. The van der Waals surface area contributed by atoms with E-state index < -0.39 is 0 Å². The molecule has 5 rings (SSSR count). The maximum atomic E-state index is 13.3. The van der Waals surface area contributed by atoms with Gasteiger partial charge in [0.25, 0.3) is 5.56 Å². The van der Waals surface area contributed by atoms with E-state index in [4.69, 9.17) is 4.52 Å². The number of thiophene rings is 1. The van der Waals surface area contributed by atoms with Crippen LogP contribution in [0.4, 0.5) is 0 Å². The summed E-state index contributed by atoms with van der Waals surface area (Å²) in [5.74, 6) is 0.881. The normalized spacial score (nSPS) is 11.3. The molecule has 0 aliphatic rings. The Morgan fingerprint density at radius 3 is 2.65 bits per heavy atom. The maximum Gasteiger partial charge on any atom is 0.263 e. The summed E-state index contributed by atoms with van der Waals surface area (Å²) in [4.78, 5) is 23.0. The molecule has 2 aromatic carbocycles. The molecule has 6 nitrogen and oxygen atoms in total. The number of aromatic nitrogens is 4. The number of hydrogen-bond donors (Lipinski definition) is 0. The molecule has 0 saturated heterocycles. The topological polar surface area (TPSA) is 73.8 Å². The SMILES string of the molecule is Cc1ccc(-c2csc3ncn(Cc4nc(-c5ccccc5C)no4)c(=O)c23)cc1C. The molecule has 5 aromatic rings. The van der Waals surface area contributed by atoms with Gasteiger partial charge in [0, 0.05) is 16.5 Å². The van der Waals surface area contributed by atoms with E-state index in [-0.39, 0.29) is 12.1 Å². The standard InChI is InChI=1S/C24H20N4O2S/c1-14-8-9-17(10-16(14)3)19-12-31-23-21(19)24(29)28(13-25-23)11-20-26-22(27-30-20)18-7-5-4-6-15(18)2/h4-10,12-13H,11H2,1-3H3. The van der Waals surface area contributed by atoms with E-state index in [1.807, 2.05) is 42.6 Å². The molecule has 0 fully saturated rings. The van der Waals surface area contributed by atoms with Crippen LogP contribution in [0.15, 0.2) is 63.5 Å². The Morgan fingerprint density at radius 2 is 1.84 bits per heavy atom. The van der Waals surface area contributed by atoms with Crippen molar-refractivity contribution in [3.05, 3.63) is 87.1 Å². The van der Waals surface area contributed by atoms with E-state index in [2.05, 4.69) is 41.1 Å². The third kappa shape index (κ3) is 3.47. The van der Waals surface area contributed by atoms with E-state index in [0.717, 1.165) is 27.1 Å². The summed E-state index contributed by atoms with van der Waals surface area (Å²) in [5, 5.41) is 6.70. The molecule has 0 aliphatic carbocycles. The number of fused-ring (bicyclic) bond motifs is 1. The van der Waals surface area contributed by atoms with Crippen molar-refractivity contribution < 1.29 is 4.52 Å². The molecule has 0 aliphatic heterocycles. The molecular formula is C24H20N4O2S. The summed E-state index contributed by atoms with van der Waals surface area (Å²) >= 11 is 1.48. The number of aryl methyl sites for hydroxylation is 3. The van der Waals surface area contributed by atoms with Gasteiger partial charge in [0.05, 0.1) is 11.7 Å². The van der Waals surface area contributed by atoms with Gasteiger partial charge >= 0.3 is 0 Å². The van der Waals surface area contributed by atoms with E-state index >= 15 is 0 Å². The van der Waals surface area contributed by atoms with Crippen LogP contribution in [-0.2, 0) is 6.54 Å². The van der Waals surface area contributed by atoms with Crippen molar-refractivity contribution in [2.75, 3.05) is 0 Å². The molecule has 0 atom stereocenters. The second-order valence-electron chi connectivity index (χ2n) is 7.63. The van der Waals surface area contributed by atoms with E-state index in [0.29, 0.717) is 17.1 Å². The lowest BCUT2D eigenvalue weighted by Crippen LogP contribution is -2.21. The number of rotatable bonds is 4. The fourth-order valence-corrected chi connectivity index (χ4v) is 4.51. The monoisotopic (exact) mass is 428 g/mol. The lowest BCUT2D eigenvalue weighted by molar-refractivity contribution is 0.369. The number of nitrogens with zero attached hydrogens (tertiary/aromatic N) is 4. The van der Waals surface area contributed by atoms with Crippen molar-refractivity contribution in [1.82, 2.24) is 19.7 Å². The molecule has 0 bridgehead atoms. The van der Waals surface area contributed by atoms with Gasteiger partial charge in [-0.2, -0.15) is 4.98 Å². The molecule has 0 saturated carbocycles. The molecular weight excluding hydrogens is 408 g/mol. The zero-order valence-corrected chi connectivity index (χ0v) is 18.2. The minimum absolute atomic E-state index is 0.116. The Kier molecular flexibility index (Phi) is 4.75. The molecule has 0 amide bonds. The first-order valence-corrected chi connectivity index (χ1v) is 10.8. The Labute approximate surface area is 182 Å². The first-order valence-electron chi connectivity index (χ1n) is 9.94. The molecule has 3 aromatic heterocycles. The van der Waals surface area contributed by atoms with Crippen molar-refractivity contribution in [3.63, 3.8) is 0 Å². The third-order valence-corrected chi connectivity index (χ3v) is 6.42. The van der Waals surface area contributed by atoms with Gasteiger partial charge in [-0.05, 0) is 43.0 Å². The molecule has 0 radical (unpaired) electrons. The van der Waals surface area contributed by atoms with Crippen LogP contribution in [0.1, 0.15) is 22.6 Å². The maximum absolute atomic E-state index is 13.3. The largest absolute Gasteiger partial charge is 0.337 e. The zero-order chi connectivity index (χ0) is 21.5. The predicted octanol–water partition coefficient (Wildman–Crippen LogP) is 5.15. The van der Waals surface area contributed by atoms with Gasteiger partial charge in [0.15, 0.2) is 0 Å². The Hall–Kier alpha value is -3.58. The summed E-state index contributed by atoms with van der Waals surface area (Å²) in [6, 6.07) is 14.1. The molecule has 3 heterocycles. The smallest absolute Gasteiger partial charge is 0.263 e. The Bertz CT molecular complexity index is 1480. The van der Waals surface area contributed by atoms with Crippen molar-refractivity contribution in [3.8, 4) is 22.5 Å². The summed E-state index contributed by atoms with van der Waals surface area (Å²) in [5.41, 5.74) is 6.19. The zero-order valence-electron chi connectivity index (χ0n) is 17.4. The van der Waals surface area contributed by atoms with Crippen LogP contribution >= 0.6 is 11.3 Å². The van der Waals surface area contributed by atoms with Gasteiger partial charge in [-0.1, -0.05) is 47.6 Å². The lowest BCUT2D eigenvalue weighted by Gasteiger charge is -2.06. The highest BCUT2D eigenvalue weighted by Crippen LogP contribution is 2.31. The van der Waals surface area contributed by atoms with Crippen molar-refractivity contribution in [2.45, 2.75) is 27.3 Å². The van der Waals surface area contributed by atoms with Crippen molar-refractivity contribution >= 4 is 21.6 Å². The van der Waals surface area contributed by atoms with Gasteiger partial charge in [0.1, 0.15) is 11.4 Å². The quantitative estimate of drug-likeness (QED) is 0.396. The van der Waals surface area contributed by atoms with Gasteiger partial charge < -0.3 is 4.52 Å². The minimum Gasteiger partial charge on any atom is -0.337 e. The lowest BCUT2D eigenvalue weighted by atomic mass is 10.0. The number of hydrogen-bond acceptors (Lipinski definition) is 6. The van der Waals surface area contributed by atoms with Crippen LogP contribution in [0.3, 0.4) is 0 Å². The van der Waals surface area contributed by atoms with Crippen molar-refractivity contribution in [1.29, 1.82) is 0 Å². The minimum atomic E-state index is -0.116. The van der Waals surface area contributed by atoms with Gasteiger partial charge in [-0.15, -0.1) is 11.3 Å². The molecule has 7 heteroatoms. The van der Waals surface area contributed by atoms with E-state index in [9.17, 15) is 4.79 Å². The fourth-order valence-electron chi connectivity index (χ4n) is 3.60. The van der Waals surface area contributed by atoms with Crippen LogP contribution in [0.5, 0.6) is 0 Å². The predicted molar refractivity (Wildman–Crippen MR) is 122 cm³/mol. The van der Waals surface area contributed by atoms with Crippen LogP contribution in [-0.4, -0.2) is 19.7 Å². The van der Waals surface area contributed by atoms with Crippen LogP contribution in [0.25, 0.3) is 32.7 Å². The first kappa shape index (κ1) is 19.4. The molecule has 0 spiro atoms. The first-order chi connectivity index (χ1) is 15.0.